The van der Waals surface area contributed by atoms with Gasteiger partial charge in [0.1, 0.15) is 6.20 Å². The molecule has 108 valence electrons. The van der Waals surface area contributed by atoms with Crippen LogP contribution in [0.5, 0.6) is 0 Å². The third kappa shape index (κ3) is 2.15. The summed E-state index contributed by atoms with van der Waals surface area (Å²) in [5.74, 6) is 0.428. The molecule has 2 atom stereocenters. The van der Waals surface area contributed by atoms with Crippen molar-refractivity contribution in [2.75, 3.05) is 30.8 Å². The van der Waals surface area contributed by atoms with E-state index in [9.17, 15) is 10.1 Å². The third-order valence-corrected chi connectivity index (χ3v) is 4.41. The molecule has 2 fully saturated rings. The first-order valence-electron chi connectivity index (χ1n) is 6.80. The summed E-state index contributed by atoms with van der Waals surface area (Å²) in [4.78, 5) is 22.9. The number of hydrogen-bond acceptors (Lipinski definition) is 7. The predicted octanol–water partition coefficient (Wildman–Crippen LogP) is 0.640. The summed E-state index contributed by atoms with van der Waals surface area (Å²) in [5.41, 5.74) is 5.52. The molecule has 0 aromatic carbocycles. The Labute approximate surface area is 116 Å². The number of hydrogen-bond donors (Lipinski definition) is 1. The number of nitrogen functional groups attached to an aromatic ring is 1. The van der Waals surface area contributed by atoms with Gasteiger partial charge in [0.25, 0.3) is 0 Å². The van der Waals surface area contributed by atoms with Crippen LogP contribution in [0.3, 0.4) is 0 Å². The molecule has 2 bridgehead atoms. The summed E-state index contributed by atoms with van der Waals surface area (Å²) in [6, 6.07) is 1.00. The van der Waals surface area contributed by atoms with E-state index in [1.54, 1.807) is 0 Å². The lowest BCUT2D eigenvalue weighted by molar-refractivity contribution is -0.384. The van der Waals surface area contributed by atoms with Crippen LogP contribution in [0, 0.1) is 10.1 Å². The van der Waals surface area contributed by atoms with Crippen LogP contribution >= 0.6 is 0 Å². The van der Waals surface area contributed by atoms with Crippen LogP contribution in [0.15, 0.2) is 6.20 Å². The molecule has 2 aliphatic heterocycles. The highest BCUT2D eigenvalue weighted by atomic mass is 16.6. The molecule has 3 heterocycles. The van der Waals surface area contributed by atoms with Crippen molar-refractivity contribution in [1.29, 1.82) is 0 Å². The Morgan fingerprint density at radius 2 is 2.15 bits per heavy atom. The summed E-state index contributed by atoms with van der Waals surface area (Å²) in [5, 5.41) is 11.1. The number of anilines is 2. The van der Waals surface area contributed by atoms with Gasteiger partial charge in [0, 0.05) is 25.2 Å². The van der Waals surface area contributed by atoms with Crippen molar-refractivity contribution in [2.45, 2.75) is 31.3 Å². The molecule has 8 heteroatoms. The Morgan fingerprint density at radius 1 is 1.40 bits per heavy atom. The first kappa shape index (κ1) is 13.0. The van der Waals surface area contributed by atoms with Gasteiger partial charge >= 0.3 is 5.69 Å². The van der Waals surface area contributed by atoms with Gasteiger partial charge in [-0.3, -0.25) is 15.0 Å². The second kappa shape index (κ2) is 4.86. The fourth-order valence-electron chi connectivity index (χ4n) is 3.24. The van der Waals surface area contributed by atoms with Crippen molar-refractivity contribution in [3.63, 3.8) is 0 Å². The fourth-order valence-corrected chi connectivity index (χ4v) is 3.24. The van der Waals surface area contributed by atoms with E-state index >= 15 is 0 Å². The molecule has 0 radical (unpaired) electrons. The van der Waals surface area contributed by atoms with Crippen molar-refractivity contribution in [3.05, 3.63) is 16.3 Å². The lowest BCUT2D eigenvalue weighted by Gasteiger charge is -2.26. The smallest absolute Gasteiger partial charge is 0.329 e. The topological polar surface area (TPSA) is 101 Å². The Kier molecular flexibility index (Phi) is 3.17. The Morgan fingerprint density at radius 3 is 2.90 bits per heavy atom. The van der Waals surface area contributed by atoms with E-state index in [1.807, 2.05) is 4.90 Å². The van der Waals surface area contributed by atoms with E-state index in [-0.39, 0.29) is 11.6 Å². The number of likely N-dealkylation sites (N-methyl/N-ethyl adjacent to an activating group) is 1. The van der Waals surface area contributed by atoms with Gasteiger partial charge in [-0.1, -0.05) is 0 Å². The number of fused-ring (bicyclic) bond motifs is 2. The standard InChI is InChI=1S/C12H18N6O2/c1-16-8-2-3-9(16)7-17(5-4-8)11-10(18(19)20)6-14-12(13)15-11/h6,8-9H,2-5,7H2,1H3,(H2,13,14,15). The van der Waals surface area contributed by atoms with Gasteiger partial charge in [-0.2, -0.15) is 4.98 Å². The zero-order chi connectivity index (χ0) is 14.3. The van der Waals surface area contributed by atoms with Gasteiger partial charge in [-0.15, -0.1) is 0 Å². The summed E-state index contributed by atoms with van der Waals surface area (Å²) in [6.45, 7) is 1.52. The van der Waals surface area contributed by atoms with Crippen LogP contribution in [-0.2, 0) is 0 Å². The van der Waals surface area contributed by atoms with Crippen LogP contribution in [0.25, 0.3) is 0 Å². The van der Waals surface area contributed by atoms with E-state index < -0.39 is 4.92 Å². The maximum atomic E-state index is 11.1. The van der Waals surface area contributed by atoms with Gasteiger partial charge in [0.2, 0.25) is 11.8 Å². The first-order valence-corrected chi connectivity index (χ1v) is 6.80. The predicted molar refractivity (Wildman–Crippen MR) is 74.5 cm³/mol. The highest BCUT2D eigenvalue weighted by Gasteiger charge is 2.36. The quantitative estimate of drug-likeness (QED) is 0.625. The molecule has 2 saturated heterocycles. The summed E-state index contributed by atoms with van der Waals surface area (Å²) >= 11 is 0. The third-order valence-electron chi connectivity index (χ3n) is 4.41. The van der Waals surface area contributed by atoms with Crippen molar-refractivity contribution < 1.29 is 4.92 Å². The van der Waals surface area contributed by atoms with Gasteiger partial charge in [-0.25, -0.2) is 4.98 Å². The molecule has 3 rings (SSSR count). The maximum absolute atomic E-state index is 11.1. The number of nitrogens with zero attached hydrogens (tertiary/aromatic N) is 5. The molecule has 0 amide bonds. The average molecular weight is 278 g/mol. The first-order chi connectivity index (χ1) is 9.56. The SMILES string of the molecule is CN1C2CCC1CN(c1nc(N)ncc1[N+](=O)[O-])CC2. The van der Waals surface area contributed by atoms with E-state index in [0.717, 1.165) is 25.9 Å². The van der Waals surface area contributed by atoms with Crippen molar-refractivity contribution >= 4 is 17.5 Å². The van der Waals surface area contributed by atoms with E-state index in [1.165, 1.54) is 12.6 Å². The molecule has 1 aromatic rings. The van der Waals surface area contributed by atoms with Gasteiger partial charge in [0.15, 0.2) is 0 Å². The summed E-state index contributed by atoms with van der Waals surface area (Å²) < 4.78 is 0. The number of nitro groups is 1. The monoisotopic (exact) mass is 278 g/mol. The van der Waals surface area contributed by atoms with Crippen molar-refractivity contribution in [1.82, 2.24) is 14.9 Å². The normalized spacial score (nSPS) is 26.6. The Balaban J connectivity index is 1.93. The highest BCUT2D eigenvalue weighted by Crippen LogP contribution is 2.33. The zero-order valence-electron chi connectivity index (χ0n) is 11.4. The van der Waals surface area contributed by atoms with Crippen LogP contribution in [0.1, 0.15) is 19.3 Å². The molecular formula is C12H18N6O2. The van der Waals surface area contributed by atoms with Gasteiger partial charge in [0.05, 0.1) is 4.92 Å². The minimum absolute atomic E-state index is 0.0698. The molecule has 20 heavy (non-hydrogen) atoms. The summed E-state index contributed by atoms with van der Waals surface area (Å²) in [6.07, 6.45) is 4.54. The molecule has 2 N–H and O–H groups in total. The Hall–Kier alpha value is -1.96. The van der Waals surface area contributed by atoms with Crippen molar-refractivity contribution in [3.8, 4) is 0 Å². The lowest BCUT2D eigenvalue weighted by atomic mass is 10.1. The minimum Gasteiger partial charge on any atom is -0.368 e. The highest BCUT2D eigenvalue weighted by molar-refractivity contribution is 5.58. The van der Waals surface area contributed by atoms with E-state index in [0.29, 0.717) is 17.9 Å². The van der Waals surface area contributed by atoms with Crippen LogP contribution < -0.4 is 10.6 Å². The van der Waals surface area contributed by atoms with Crippen LogP contribution in [0.4, 0.5) is 17.5 Å². The molecule has 2 unspecified atom stereocenters. The zero-order valence-corrected chi connectivity index (χ0v) is 11.4. The molecule has 2 aliphatic rings. The molecule has 0 saturated carbocycles. The minimum atomic E-state index is -0.443. The average Bonchev–Trinajstić information content (AvgIpc) is 2.62. The van der Waals surface area contributed by atoms with Gasteiger partial charge < -0.3 is 10.6 Å². The second-order valence-electron chi connectivity index (χ2n) is 5.48. The van der Waals surface area contributed by atoms with E-state index in [4.69, 9.17) is 5.73 Å². The lowest BCUT2D eigenvalue weighted by Crippen LogP contribution is -2.37. The number of rotatable bonds is 2. The van der Waals surface area contributed by atoms with Gasteiger partial charge in [-0.05, 0) is 26.3 Å². The number of nitrogens with two attached hydrogens (primary N) is 1. The van der Waals surface area contributed by atoms with Crippen molar-refractivity contribution in [2.24, 2.45) is 0 Å². The molecule has 8 nitrogen and oxygen atoms in total. The molecule has 0 aliphatic carbocycles. The summed E-state index contributed by atoms with van der Waals surface area (Å²) in [7, 11) is 2.13. The largest absolute Gasteiger partial charge is 0.368 e. The maximum Gasteiger partial charge on any atom is 0.329 e. The second-order valence-corrected chi connectivity index (χ2v) is 5.48. The fraction of sp³-hybridized carbons (Fsp3) is 0.667. The Bertz CT molecular complexity index is 537. The molecular weight excluding hydrogens is 260 g/mol. The van der Waals surface area contributed by atoms with Crippen LogP contribution in [0.2, 0.25) is 0 Å². The molecule has 0 spiro atoms. The van der Waals surface area contributed by atoms with Crippen LogP contribution in [-0.4, -0.2) is 52.0 Å². The van der Waals surface area contributed by atoms with E-state index in [2.05, 4.69) is 21.9 Å². The number of aromatic nitrogens is 2. The molecule has 1 aromatic heterocycles.